The van der Waals surface area contributed by atoms with E-state index in [-0.39, 0.29) is 6.10 Å². The summed E-state index contributed by atoms with van der Waals surface area (Å²) in [7, 11) is 1.63. The van der Waals surface area contributed by atoms with Crippen molar-refractivity contribution in [1.29, 1.82) is 5.26 Å². The van der Waals surface area contributed by atoms with E-state index in [2.05, 4.69) is 11.4 Å². The standard InChI is InChI=1S/C16H24N2O2/c1-6-18-16(4,11-17)10-13(3)20-14-8-7-12(2)9-15(14)19-5/h7-9,13,18H,6,10H2,1-5H3. The van der Waals surface area contributed by atoms with Gasteiger partial charge in [0.1, 0.15) is 5.54 Å². The molecule has 4 nitrogen and oxygen atoms in total. The summed E-state index contributed by atoms with van der Waals surface area (Å²) in [6, 6.07) is 8.14. The number of benzene rings is 1. The molecule has 0 heterocycles. The molecule has 0 spiro atoms. The second-order valence-electron chi connectivity index (χ2n) is 5.26. The Kier molecular flexibility index (Phi) is 5.84. The quantitative estimate of drug-likeness (QED) is 0.831. The fourth-order valence-electron chi connectivity index (χ4n) is 2.25. The SMILES string of the molecule is CCNC(C)(C#N)CC(C)Oc1ccc(C)cc1OC. The highest BCUT2D eigenvalue weighted by atomic mass is 16.5. The van der Waals surface area contributed by atoms with Crippen LogP contribution in [0.15, 0.2) is 18.2 Å². The van der Waals surface area contributed by atoms with Gasteiger partial charge in [0, 0.05) is 6.42 Å². The molecule has 0 aliphatic heterocycles. The van der Waals surface area contributed by atoms with Crippen molar-refractivity contribution in [1.82, 2.24) is 5.32 Å². The highest BCUT2D eigenvalue weighted by Crippen LogP contribution is 2.29. The van der Waals surface area contributed by atoms with Crippen molar-refractivity contribution in [3.8, 4) is 17.6 Å². The summed E-state index contributed by atoms with van der Waals surface area (Å²) in [5, 5.41) is 12.5. The molecule has 0 amide bonds. The van der Waals surface area contributed by atoms with Gasteiger partial charge in [-0.1, -0.05) is 13.0 Å². The Hall–Kier alpha value is -1.73. The van der Waals surface area contributed by atoms with E-state index in [1.807, 2.05) is 45.9 Å². The van der Waals surface area contributed by atoms with Gasteiger partial charge in [-0.05, 0) is 45.0 Å². The third kappa shape index (κ3) is 4.43. The molecule has 110 valence electrons. The molecule has 1 rings (SSSR count). The number of ether oxygens (including phenoxy) is 2. The normalized spacial score (nSPS) is 15.0. The molecule has 1 aromatic rings. The lowest BCUT2D eigenvalue weighted by Crippen LogP contribution is -2.44. The number of hydrogen-bond acceptors (Lipinski definition) is 4. The van der Waals surface area contributed by atoms with E-state index < -0.39 is 5.54 Å². The average Bonchev–Trinajstić information content (AvgIpc) is 2.40. The Morgan fingerprint density at radius 2 is 2.10 bits per heavy atom. The maximum atomic E-state index is 9.28. The van der Waals surface area contributed by atoms with Crippen LogP contribution in [0.5, 0.6) is 11.5 Å². The Labute approximate surface area is 121 Å². The second kappa shape index (κ2) is 7.16. The largest absolute Gasteiger partial charge is 0.493 e. The summed E-state index contributed by atoms with van der Waals surface area (Å²) >= 11 is 0. The topological polar surface area (TPSA) is 54.3 Å². The van der Waals surface area contributed by atoms with Crippen LogP contribution in [0.25, 0.3) is 0 Å². The van der Waals surface area contributed by atoms with Crippen LogP contribution in [-0.4, -0.2) is 25.3 Å². The van der Waals surface area contributed by atoms with Crippen molar-refractivity contribution in [2.45, 2.75) is 45.8 Å². The van der Waals surface area contributed by atoms with Gasteiger partial charge in [0.05, 0.1) is 19.3 Å². The molecule has 0 aliphatic rings. The lowest BCUT2D eigenvalue weighted by Gasteiger charge is -2.27. The van der Waals surface area contributed by atoms with Crippen molar-refractivity contribution >= 4 is 0 Å². The lowest BCUT2D eigenvalue weighted by molar-refractivity contribution is 0.174. The van der Waals surface area contributed by atoms with Crippen LogP contribution >= 0.6 is 0 Å². The lowest BCUT2D eigenvalue weighted by atomic mass is 9.96. The fourth-order valence-corrected chi connectivity index (χ4v) is 2.25. The molecule has 0 radical (unpaired) electrons. The van der Waals surface area contributed by atoms with Crippen LogP contribution < -0.4 is 14.8 Å². The van der Waals surface area contributed by atoms with E-state index in [9.17, 15) is 5.26 Å². The molecule has 1 N–H and O–H groups in total. The molecule has 4 heteroatoms. The minimum atomic E-state index is -0.577. The van der Waals surface area contributed by atoms with Crippen molar-refractivity contribution in [3.05, 3.63) is 23.8 Å². The Morgan fingerprint density at radius 1 is 1.40 bits per heavy atom. The molecule has 1 aromatic carbocycles. The third-order valence-corrected chi connectivity index (χ3v) is 3.16. The van der Waals surface area contributed by atoms with Gasteiger partial charge in [-0.15, -0.1) is 0 Å². The Morgan fingerprint density at radius 3 is 2.65 bits per heavy atom. The van der Waals surface area contributed by atoms with Gasteiger partial charge >= 0.3 is 0 Å². The molecule has 2 atom stereocenters. The van der Waals surface area contributed by atoms with Crippen molar-refractivity contribution < 1.29 is 9.47 Å². The predicted octanol–water partition coefficient (Wildman–Crippen LogP) is 3.05. The summed E-state index contributed by atoms with van der Waals surface area (Å²) in [4.78, 5) is 0. The van der Waals surface area contributed by atoms with E-state index in [1.54, 1.807) is 7.11 Å². The minimum Gasteiger partial charge on any atom is -0.493 e. The van der Waals surface area contributed by atoms with Crippen LogP contribution in [0.2, 0.25) is 0 Å². The number of methoxy groups -OCH3 is 1. The highest BCUT2D eigenvalue weighted by molar-refractivity contribution is 5.42. The summed E-state index contributed by atoms with van der Waals surface area (Å²) < 4.78 is 11.2. The first-order valence-corrected chi connectivity index (χ1v) is 6.91. The number of aryl methyl sites for hydroxylation is 1. The van der Waals surface area contributed by atoms with Crippen LogP contribution in [-0.2, 0) is 0 Å². The molecular weight excluding hydrogens is 252 g/mol. The first-order valence-electron chi connectivity index (χ1n) is 6.91. The number of nitrogens with zero attached hydrogens (tertiary/aromatic N) is 1. The van der Waals surface area contributed by atoms with Crippen LogP contribution in [0.4, 0.5) is 0 Å². The highest BCUT2D eigenvalue weighted by Gasteiger charge is 2.26. The summed E-state index contributed by atoms with van der Waals surface area (Å²) in [6.07, 6.45) is 0.518. The van der Waals surface area contributed by atoms with Crippen LogP contribution in [0.1, 0.15) is 32.8 Å². The first kappa shape index (κ1) is 16.3. The van der Waals surface area contributed by atoms with Gasteiger partial charge in [-0.25, -0.2) is 0 Å². The second-order valence-corrected chi connectivity index (χ2v) is 5.26. The van der Waals surface area contributed by atoms with Crippen molar-refractivity contribution in [3.63, 3.8) is 0 Å². The van der Waals surface area contributed by atoms with E-state index >= 15 is 0 Å². The van der Waals surface area contributed by atoms with Crippen molar-refractivity contribution in [2.75, 3.05) is 13.7 Å². The van der Waals surface area contributed by atoms with E-state index in [0.29, 0.717) is 12.2 Å². The summed E-state index contributed by atoms with van der Waals surface area (Å²) in [5.41, 5.74) is 0.544. The van der Waals surface area contributed by atoms with Crippen molar-refractivity contribution in [2.24, 2.45) is 0 Å². The molecular formula is C16H24N2O2. The minimum absolute atomic E-state index is 0.0877. The molecule has 20 heavy (non-hydrogen) atoms. The number of rotatable bonds is 7. The van der Waals surface area contributed by atoms with Gasteiger partial charge in [0.25, 0.3) is 0 Å². The number of hydrogen-bond donors (Lipinski definition) is 1. The monoisotopic (exact) mass is 276 g/mol. The zero-order chi connectivity index (χ0) is 15.2. The fraction of sp³-hybridized carbons (Fsp3) is 0.562. The number of nitrogens with one attached hydrogen (secondary N) is 1. The third-order valence-electron chi connectivity index (χ3n) is 3.16. The maximum absolute atomic E-state index is 9.28. The average molecular weight is 276 g/mol. The molecule has 0 saturated carbocycles. The van der Waals surface area contributed by atoms with E-state index in [0.717, 1.165) is 17.9 Å². The molecule has 0 fully saturated rings. The molecule has 0 saturated heterocycles. The van der Waals surface area contributed by atoms with E-state index in [1.165, 1.54) is 0 Å². The Balaban J connectivity index is 2.76. The zero-order valence-electron chi connectivity index (χ0n) is 13.0. The van der Waals surface area contributed by atoms with Crippen LogP contribution in [0.3, 0.4) is 0 Å². The van der Waals surface area contributed by atoms with Gasteiger partial charge < -0.3 is 9.47 Å². The molecule has 0 aromatic heterocycles. The number of nitriles is 1. The molecule has 0 bridgehead atoms. The zero-order valence-corrected chi connectivity index (χ0v) is 13.0. The summed E-state index contributed by atoms with van der Waals surface area (Å²) in [6.45, 7) is 8.61. The molecule has 2 unspecified atom stereocenters. The van der Waals surface area contributed by atoms with E-state index in [4.69, 9.17) is 9.47 Å². The first-order chi connectivity index (χ1) is 9.44. The molecule has 0 aliphatic carbocycles. The smallest absolute Gasteiger partial charge is 0.161 e. The predicted molar refractivity (Wildman–Crippen MR) is 80.1 cm³/mol. The van der Waals surface area contributed by atoms with Gasteiger partial charge in [-0.2, -0.15) is 5.26 Å². The maximum Gasteiger partial charge on any atom is 0.161 e. The van der Waals surface area contributed by atoms with Gasteiger partial charge in [-0.3, -0.25) is 5.32 Å². The summed E-state index contributed by atoms with van der Waals surface area (Å²) in [5.74, 6) is 1.43. The van der Waals surface area contributed by atoms with Gasteiger partial charge in [0.15, 0.2) is 11.5 Å². The Bertz CT molecular complexity index is 482. The van der Waals surface area contributed by atoms with Crippen LogP contribution in [0, 0.1) is 18.3 Å². The van der Waals surface area contributed by atoms with Gasteiger partial charge in [0.2, 0.25) is 0 Å².